The lowest BCUT2D eigenvalue weighted by Gasteiger charge is -2.18. The van der Waals surface area contributed by atoms with Gasteiger partial charge in [0.1, 0.15) is 13.2 Å². The number of carbonyl (C=O) groups excluding carboxylic acids is 3. The zero-order valence-electron chi connectivity index (χ0n) is 44.5. The lowest BCUT2D eigenvalue weighted by Crippen LogP contribution is -2.30. The van der Waals surface area contributed by atoms with Crippen LogP contribution in [0.5, 0.6) is 0 Å². The number of allylic oxidation sites excluding steroid dienone is 20. The molecule has 0 rings (SSSR count). The normalized spacial score (nSPS) is 13.0. The topological polar surface area (TPSA) is 78.9 Å². The predicted molar refractivity (Wildman–Crippen MR) is 297 cm³/mol. The maximum atomic E-state index is 12.8. The Hall–Kier alpha value is -4.19. The van der Waals surface area contributed by atoms with Gasteiger partial charge in [-0.3, -0.25) is 14.4 Å². The van der Waals surface area contributed by atoms with Crippen molar-refractivity contribution in [1.29, 1.82) is 0 Å². The van der Waals surface area contributed by atoms with Crippen LogP contribution in [0.15, 0.2) is 122 Å². The van der Waals surface area contributed by atoms with Gasteiger partial charge < -0.3 is 14.2 Å². The van der Waals surface area contributed by atoms with Crippen molar-refractivity contribution in [3.05, 3.63) is 122 Å². The smallest absolute Gasteiger partial charge is 0.306 e. The molecule has 0 fully saturated rings. The number of hydrogen-bond acceptors (Lipinski definition) is 6. The van der Waals surface area contributed by atoms with E-state index in [0.717, 1.165) is 77.0 Å². The number of hydrogen-bond donors (Lipinski definition) is 0. The molecule has 0 amide bonds. The van der Waals surface area contributed by atoms with E-state index in [4.69, 9.17) is 14.2 Å². The van der Waals surface area contributed by atoms with Gasteiger partial charge in [0.15, 0.2) is 6.10 Å². The van der Waals surface area contributed by atoms with Crippen LogP contribution in [0.4, 0.5) is 0 Å². The van der Waals surface area contributed by atoms with Gasteiger partial charge in [-0.05, 0) is 116 Å². The molecule has 0 heterocycles. The lowest BCUT2D eigenvalue weighted by molar-refractivity contribution is -0.166. The van der Waals surface area contributed by atoms with Gasteiger partial charge in [-0.15, -0.1) is 0 Å². The van der Waals surface area contributed by atoms with Crippen LogP contribution in [0, 0.1) is 0 Å². The molecule has 0 bridgehead atoms. The monoisotopic (exact) mass is 955 g/mol. The van der Waals surface area contributed by atoms with Crippen LogP contribution in [-0.4, -0.2) is 37.2 Å². The number of ether oxygens (including phenoxy) is 3. The molecule has 6 nitrogen and oxygen atoms in total. The highest BCUT2D eigenvalue weighted by Gasteiger charge is 2.19. The minimum Gasteiger partial charge on any atom is -0.462 e. The predicted octanol–water partition coefficient (Wildman–Crippen LogP) is 18.9. The second-order valence-electron chi connectivity index (χ2n) is 18.1. The molecule has 0 aliphatic heterocycles. The van der Waals surface area contributed by atoms with Crippen molar-refractivity contribution in [1.82, 2.24) is 0 Å². The Balaban J connectivity index is 4.60. The summed E-state index contributed by atoms with van der Waals surface area (Å²) in [6.45, 7) is 6.39. The third kappa shape index (κ3) is 54.6. The molecule has 0 aromatic rings. The van der Waals surface area contributed by atoms with Crippen LogP contribution < -0.4 is 0 Å². The average Bonchev–Trinajstić information content (AvgIpc) is 3.35. The highest BCUT2D eigenvalue weighted by atomic mass is 16.6. The van der Waals surface area contributed by atoms with Crippen molar-refractivity contribution < 1.29 is 28.6 Å². The van der Waals surface area contributed by atoms with E-state index >= 15 is 0 Å². The highest BCUT2D eigenvalue weighted by molar-refractivity contribution is 5.71. The summed E-state index contributed by atoms with van der Waals surface area (Å²) in [6.07, 6.45) is 77.7. The molecular weight excluding hydrogens is 853 g/mol. The van der Waals surface area contributed by atoms with Gasteiger partial charge >= 0.3 is 17.9 Å². The first-order chi connectivity index (χ1) is 34.0. The van der Waals surface area contributed by atoms with E-state index in [2.05, 4.69) is 130 Å². The Labute approximate surface area is 424 Å². The van der Waals surface area contributed by atoms with Crippen LogP contribution in [0.25, 0.3) is 0 Å². The second-order valence-corrected chi connectivity index (χ2v) is 18.1. The molecule has 0 spiro atoms. The fourth-order valence-electron chi connectivity index (χ4n) is 7.24. The van der Waals surface area contributed by atoms with Crippen LogP contribution in [0.2, 0.25) is 0 Å². The first kappa shape index (κ1) is 64.8. The third-order valence-corrected chi connectivity index (χ3v) is 11.4. The van der Waals surface area contributed by atoms with Crippen molar-refractivity contribution >= 4 is 17.9 Å². The largest absolute Gasteiger partial charge is 0.462 e. The van der Waals surface area contributed by atoms with E-state index in [1.54, 1.807) is 0 Å². The van der Waals surface area contributed by atoms with Crippen LogP contribution in [0.1, 0.15) is 239 Å². The molecule has 0 aliphatic carbocycles. The van der Waals surface area contributed by atoms with Gasteiger partial charge in [0.05, 0.1) is 0 Å². The van der Waals surface area contributed by atoms with Crippen molar-refractivity contribution in [3.63, 3.8) is 0 Å². The molecule has 0 N–H and O–H groups in total. The Morgan fingerprint density at radius 3 is 1.03 bits per heavy atom. The van der Waals surface area contributed by atoms with E-state index in [9.17, 15) is 14.4 Å². The zero-order chi connectivity index (χ0) is 50.0. The Bertz CT molecular complexity index is 1470. The van der Waals surface area contributed by atoms with Gasteiger partial charge in [0.2, 0.25) is 0 Å². The molecule has 1 atom stereocenters. The first-order valence-electron chi connectivity index (χ1n) is 28.0. The molecule has 69 heavy (non-hydrogen) atoms. The Kier molecular flexibility index (Phi) is 53.0. The molecule has 0 saturated heterocycles. The average molecular weight is 956 g/mol. The Morgan fingerprint density at radius 2 is 0.609 bits per heavy atom. The standard InChI is InChI=1S/C63H102O6/c1-4-7-10-13-16-19-22-25-28-30-31-33-36-39-42-45-48-51-54-57-63(66)69-60(58-67-61(64)55-52-49-46-43-40-37-34-27-24-21-18-15-12-9-6-3)59-68-62(65)56-53-50-47-44-41-38-35-32-29-26-23-20-17-14-11-8-5-2/h7,10,16,19,21,24-26,28-29,31,33,35,38-39,42,44,47-48,51,60H,4-6,8-9,11-15,17-18,20,22-23,27,30,32,34,36-37,40-41,43,45-46,49-50,52-59H2,1-3H3/b10-7-,19-16-,24-21-,28-25-,29-26-,33-31-,38-35-,42-39-,47-44-,51-48-/t60-/m0/s1. The molecular formula is C63H102O6. The molecule has 0 saturated carbocycles. The maximum Gasteiger partial charge on any atom is 0.306 e. The summed E-state index contributed by atoms with van der Waals surface area (Å²) in [5.74, 6) is -1.08. The van der Waals surface area contributed by atoms with Gasteiger partial charge in [0, 0.05) is 19.3 Å². The summed E-state index contributed by atoms with van der Waals surface area (Å²) < 4.78 is 16.7. The van der Waals surface area contributed by atoms with Crippen LogP contribution in [0.3, 0.4) is 0 Å². The van der Waals surface area contributed by atoms with E-state index in [-0.39, 0.29) is 38.0 Å². The van der Waals surface area contributed by atoms with Crippen LogP contribution >= 0.6 is 0 Å². The minimum absolute atomic E-state index is 0.129. The molecule has 0 aliphatic rings. The summed E-state index contributed by atoms with van der Waals surface area (Å²) in [7, 11) is 0. The lowest BCUT2D eigenvalue weighted by atomic mass is 10.1. The van der Waals surface area contributed by atoms with Gasteiger partial charge in [-0.25, -0.2) is 0 Å². The van der Waals surface area contributed by atoms with E-state index in [1.807, 2.05) is 12.2 Å². The highest BCUT2D eigenvalue weighted by Crippen LogP contribution is 2.13. The van der Waals surface area contributed by atoms with Gasteiger partial charge in [-0.2, -0.15) is 0 Å². The van der Waals surface area contributed by atoms with Crippen molar-refractivity contribution in [2.24, 2.45) is 0 Å². The molecule has 6 heteroatoms. The fourth-order valence-corrected chi connectivity index (χ4v) is 7.24. The third-order valence-electron chi connectivity index (χ3n) is 11.4. The van der Waals surface area contributed by atoms with E-state index < -0.39 is 12.1 Å². The Morgan fingerprint density at radius 1 is 0.304 bits per heavy atom. The SMILES string of the molecule is CC/C=C\C/C=C\C/C=C\C/C=C\C/C=C\C/C=C\CCC(=O)O[C@H](COC(=O)CCC/C=C\C/C=C\C/C=C\CCCCCCCC)COC(=O)CCCCCCCCC/C=C\CCCCCC. The number of unbranched alkanes of at least 4 members (excludes halogenated alkanes) is 18. The minimum atomic E-state index is -0.844. The molecule has 0 aromatic heterocycles. The molecule has 390 valence electrons. The zero-order valence-corrected chi connectivity index (χ0v) is 44.5. The fraction of sp³-hybridized carbons (Fsp3) is 0.635. The summed E-state index contributed by atoms with van der Waals surface area (Å²) in [6, 6.07) is 0. The van der Waals surface area contributed by atoms with E-state index in [0.29, 0.717) is 19.3 Å². The van der Waals surface area contributed by atoms with Crippen LogP contribution in [-0.2, 0) is 28.6 Å². The van der Waals surface area contributed by atoms with Crippen molar-refractivity contribution in [2.45, 2.75) is 245 Å². The summed E-state index contributed by atoms with van der Waals surface area (Å²) in [5, 5.41) is 0. The summed E-state index contributed by atoms with van der Waals surface area (Å²) in [4.78, 5) is 38.1. The molecule has 0 aromatic carbocycles. The van der Waals surface area contributed by atoms with Gasteiger partial charge in [-0.1, -0.05) is 226 Å². The van der Waals surface area contributed by atoms with Crippen molar-refractivity contribution in [2.75, 3.05) is 13.2 Å². The summed E-state index contributed by atoms with van der Waals surface area (Å²) >= 11 is 0. The first-order valence-corrected chi connectivity index (χ1v) is 28.0. The molecule has 0 radical (unpaired) electrons. The van der Waals surface area contributed by atoms with E-state index in [1.165, 1.54) is 109 Å². The maximum absolute atomic E-state index is 12.8. The van der Waals surface area contributed by atoms with Gasteiger partial charge in [0.25, 0.3) is 0 Å². The van der Waals surface area contributed by atoms with Crippen molar-refractivity contribution in [3.8, 4) is 0 Å². The summed E-state index contributed by atoms with van der Waals surface area (Å²) in [5.41, 5.74) is 0. The number of esters is 3. The second kappa shape index (κ2) is 56.4. The number of carbonyl (C=O) groups is 3. The quantitative estimate of drug-likeness (QED) is 0.0262. The number of rotatable bonds is 49. The molecule has 0 unspecified atom stereocenters.